The average Bonchev–Trinajstić information content (AvgIpc) is 3.42. The number of rotatable bonds is 41. The molecule has 4 amide bonds. The molecule has 0 aliphatic carbocycles. The number of aliphatic hydroxyl groups is 4. The van der Waals surface area contributed by atoms with Crippen LogP contribution in [0, 0.1) is 5.92 Å². The maximum absolute atomic E-state index is 13.5. The molecule has 10 atom stereocenters. The van der Waals surface area contributed by atoms with Gasteiger partial charge in [0.25, 0.3) is 0 Å². The SMILES string of the molecule is CCCOCCOCCOCCOCCC(=O)N(CCCCN(C)C(=O)OC([C@H](O)CO)[C@@H]1OC(C(=O)O)=C[C@H](N=C(N)N)[C@H]1NC(C)=O)CCOCCOCCN(C)C(=O)O[C@@H]([C@@H]1OC(C(=O)O)=C[C@H](N=C(N)N)[C@H]1C)[C@H](O)CO. The molecule has 0 saturated carbocycles. The Balaban J connectivity index is 2.00. The summed E-state index contributed by atoms with van der Waals surface area (Å²) in [6.45, 7) is 6.64. The number of nitrogens with zero attached hydrogens (tertiary/aromatic N) is 5. The molecular weight excluding hydrogens is 1080 g/mol. The smallest absolute Gasteiger partial charge is 0.410 e. The summed E-state index contributed by atoms with van der Waals surface area (Å²) in [6.07, 6.45) is -7.77. The van der Waals surface area contributed by atoms with Gasteiger partial charge in [-0.2, -0.15) is 0 Å². The first-order chi connectivity index (χ1) is 38.6. The van der Waals surface area contributed by atoms with Crippen molar-refractivity contribution in [2.75, 3.05) is 133 Å². The number of carbonyl (C=O) groups is 6. The molecule has 0 aromatic rings. The van der Waals surface area contributed by atoms with Gasteiger partial charge in [-0.3, -0.25) is 9.59 Å². The van der Waals surface area contributed by atoms with Crippen LogP contribution in [0.2, 0.25) is 0 Å². The number of nitrogens with two attached hydrogens (primary N) is 4. The lowest BCUT2D eigenvalue weighted by Crippen LogP contribution is -2.61. The largest absolute Gasteiger partial charge is 0.479 e. The number of carbonyl (C=O) groups excluding carboxylic acids is 4. The van der Waals surface area contributed by atoms with Crippen LogP contribution in [0.15, 0.2) is 33.7 Å². The number of aliphatic carboxylic acids is 2. The van der Waals surface area contributed by atoms with E-state index in [-0.39, 0.29) is 90.7 Å². The molecule has 0 bridgehead atoms. The molecule has 32 heteroatoms. The van der Waals surface area contributed by atoms with Gasteiger partial charge in [0.15, 0.2) is 30.2 Å². The molecule has 0 aromatic carbocycles. The highest BCUT2D eigenvalue weighted by Gasteiger charge is 2.47. The topological polar surface area (TPSA) is 467 Å². The Bertz CT molecular complexity index is 2050. The lowest BCUT2D eigenvalue weighted by atomic mass is 9.87. The van der Waals surface area contributed by atoms with Crippen LogP contribution in [-0.2, 0) is 66.5 Å². The lowest BCUT2D eigenvalue weighted by molar-refractivity contribution is -0.148. The fourth-order valence-electron chi connectivity index (χ4n) is 7.87. The van der Waals surface area contributed by atoms with Gasteiger partial charge in [0, 0.05) is 59.7 Å². The first-order valence-electron chi connectivity index (χ1n) is 26.4. The average molecular weight is 1170 g/mol. The second-order valence-corrected chi connectivity index (χ2v) is 18.6. The van der Waals surface area contributed by atoms with E-state index in [4.69, 9.17) is 70.3 Å². The second kappa shape index (κ2) is 39.1. The number of likely N-dealkylation sites (N-methyl/N-ethyl adjacent to an activating group) is 1. The van der Waals surface area contributed by atoms with Crippen molar-refractivity contribution in [3.63, 3.8) is 0 Å². The predicted octanol–water partition coefficient (Wildman–Crippen LogP) is -3.77. The maximum Gasteiger partial charge on any atom is 0.410 e. The molecule has 32 nitrogen and oxygen atoms in total. The van der Waals surface area contributed by atoms with Crippen LogP contribution in [0.5, 0.6) is 0 Å². The fourth-order valence-corrected chi connectivity index (χ4v) is 7.87. The van der Waals surface area contributed by atoms with Gasteiger partial charge >= 0.3 is 24.1 Å². The molecule has 2 heterocycles. The number of aliphatic hydroxyl groups excluding tert-OH is 4. The van der Waals surface area contributed by atoms with Crippen LogP contribution in [0.3, 0.4) is 0 Å². The number of amides is 4. The van der Waals surface area contributed by atoms with Crippen LogP contribution < -0.4 is 28.3 Å². The monoisotopic (exact) mass is 1170 g/mol. The summed E-state index contributed by atoms with van der Waals surface area (Å²) in [7, 11) is 2.78. The highest BCUT2D eigenvalue weighted by Crippen LogP contribution is 2.31. The highest BCUT2D eigenvalue weighted by molar-refractivity contribution is 5.86. The van der Waals surface area contributed by atoms with E-state index < -0.39 is 121 Å². The number of guanidine groups is 2. The Labute approximate surface area is 470 Å². The number of unbranched alkanes of at least 4 members (excludes halogenated alkanes) is 1. The minimum absolute atomic E-state index is 0.00285. The van der Waals surface area contributed by atoms with E-state index >= 15 is 0 Å². The van der Waals surface area contributed by atoms with Gasteiger partial charge < -0.3 is 121 Å². The molecule has 2 rings (SSSR count). The Morgan fingerprint density at radius 3 is 1.52 bits per heavy atom. The van der Waals surface area contributed by atoms with Gasteiger partial charge in [-0.05, 0) is 31.4 Å². The standard InChI is InChI=1S/C49H86N10O22/c1-6-14-72-18-22-76-24-25-77-23-19-73-15-9-38(65)59(11-8-7-10-57(4)48(70)81-42(35(64)29-61)43-39(54-31(3)62)33(56-47(52)53)27-37(79-43)45(68)69)13-17-75-21-20-74-16-12-58(5)49(71)80-41(34(63)28-60)40-30(2)32(55-46(50)51)26-36(78-40)44(66)67/h26-27,30,32-35,39-43,60-61,63-64H,6-25,28-29H2,1-5H3,(H,54,62)(H,66,67)(H,68,69)(H4,50,51,55)(H4,52,53,56)/t30-,32+,33+,34-,35-,39-,40-,41-,42?,43-/m1/s1. The summed E-state index contributed by atoms with van der Waals surface area (Å²) in [5.41, 5.74) is 22.2. The van der Waals surface area contributed by atoms with Crippen LogP contribution in [0.4, 0.5) is 9.59 Å². The lowest BCUT2D eigenvalue weighted by Gasteiger charge is -2.40. The van der Waals surface area contributed by atoms with Crippen molar-refractivity contribution in [3.05, 3.63) is 23.7 Å². The third kappa shape index (κ3) is 26.9. The van der Waals surface area contributed by atoms with Gasteiger partial charge in [-0.1, -0.05) is 13.8 Å². The maximum atomic E-state index is 13.5. The van der Waals surface area contributed by atoms with Gasteiger partial charge in [0.05, 0.1) is 110 Å². The number of nitrogens with one attached hydrogen (secondary N) is 1. The Morgan fingerprint density at radius 2 is 1.04 bits per heavy atom. The molecule has 0 spiro atoms. The number of aliphatic imine (C=N–C) groups is 2. The molecule has 0 aromatic heterocycles. The van der Waals surface area contributed by atoms with E-state index in [0.29, 0.717) is 45.9 Å². The quantitative estimate of drug-likeness (QED) is 0.0159. The van der Waals surface area contributed by atoms with E-state index in [1.165, 1.54) is 20.2 Å². The molecule has 2 aliphatic heterocycles. The molecule has 0 saturated heterocycles. The predicted molar refractivity (Wildman–Crippen MR) is 285 cm³/mol. The molecule has 15 N–H and O–H groups in total. The summed E-state index contributed by atoms with van der Waals surface area (Å²) in [6, 6.07) is -3.44. The zero-order chi connectivity index (χ0) is 60.4. The van der Waals surface area contributed by atoms with Gasteiger partial charge in [0.2, 0.25) is 23.3 Å². The number of carboxylic acid groups (broad SMARTS) is 2. The van der Waals surface area contributed by atoms with Gasteiger partial charge in [-0.15, -0.1) is 0 Å². The highest BCUT2D eigenvalue weighted by atomic mass is 16.6. The zero-order valence-electron chi connectivity index (χ0n) is 46.7. The van der Waals surface area contributed by atoms with Crippen molar-refractivity contribution < 1.29 is 107 Å². The summed E-state index contributed by atoms with van der Waals surface area (Å²) in [5.74, 6) is -6.64. The summed E-state index contributed by atoms with van der Waals surface area (Å²) < 4.78 is 55.7. The molecule has 2 aliphatic rings. The van der Waals surface area contributed by atoms with Crippen LogP contribution in [0.1, 0.15) is 46.5 Å². The normalized spacial score (nSPS) is 20.1. The molecule has 1 unspecified atom stereocenters. The summed E-state index contributed by atoms with van der Waals surface area (Å²) in [4.78, 5) is 88.0. The van der Waals surface area contributed by atoms with Crippen LogP contribution >= 0.6 is 0 Å². The molecule has 0 radical (unpaired) electrons. The first kappa shape index (κ1) is 70.7. The fraction of sp³-hybridized carbons (Fsp3) is 0.755. The van der Waals surface area contributed by atoms with Crippen LogP contribution in [-0.4, -0.2) is 281 Å². The van der Waals surface area contributed by atoms with Crippen molar-refractivity contribution >= 4 is 47.9 Å². The molecular formula is C49H86N10O22. The molecule has 81 heavy (non-hydrogen) atoms. The van der Waals surface area contributed by atoms with Crippen molar-refractivity contribution in [1.82, 2.24) is 20.0 Å². The van der Waals surface area contributed by atoms with Crippen molar-refractivity contribution in [2.45, 2.75) is 101 Å². The molecule has 464 valence electrons. The second-order valence-electron chi connectivity index (χ2n) is 18.6. The number of hydrogen-bond donors (Lipinski definition) is 11. The first-order valence-corrected chi connectivity index (χ1v) is 26.4. The van der Waals surface area contributed by atoms with Crippen molar-refractivity contribution in [3.8, 4) is 0 Å². The minimum Gasteiger partial charge on any atom is -0.479 e. The third-order valence-electron chi connectivity index (χ3n) is 12.1. The summed E-state index contributed by atoms with van der Waals surface area (Å²) in [5, 5.41) is 63.1. The number of ether oxygens (including phenoxy) is 10. The van der Waals surface area contributed by atoms with Crippen molar-refractivity contribution in [2.24, 2.45) is 38.8 Å². The van der Waals surface area contributed by atoms with E-state index in [9.17, 15) is 59.4 Å². The third-order valence-corrected chi connectivity index (χ3v) is 12.1. The van der Waals surface area contributed by atoms with E-state index in [2.05, 4.69) is 15.3 Å². The van der Waals surface area contributed by atoms with Gasteiger partial charge in [0.1, 0.15) is 18.3 Å². The zero-order valence-corrected chi connectivity index (χ0v) is 46.7. The minimum atomic E-state index is -1.83. The summed E-state index contributed by atoms with van der Waals surface area (Å²) >= 11 is 0. The Hall–Kier alpha value is -6.36. The van der Waals surface area contributed by atoms with Crippen molar-refractivity contribution in [1.29, 1.82) is 0 Å². The Kier molecular flexibility index (Phi) is 34.2. The number of carboxylic acids is 2. The Morgan fingerprint density at radius 1 is 0.617 bits per heavy atom. The number of hydrogen-bond acceptors (Lipinski definition) is 22. The molecule has 0 fully saturated rings. The van der Waals surface area contributed by atoms with Crippen LogP contribution in [0.25, 0.3) is 0 Å². The van der Waals surface area contributed by atoms with E-state index in [1.54, 1.807) is 11.8 Å². The van der Waals surface area contributed by atoms with Gasteiger partial charge in [-0.25, -0.2) is 29.2 Å². The van der Waals surface area contributed by atoms with E-state index in [1.807, 2.05) is 6.92 Å². The van der Waals surface area contributed by atoms with E-state index in [0.717, 1.165) is 29.2 Å².